The number of benzene rings is 4. The van der Waals surface area contributed by atoms with Gasteiger partial charge in [0.15, 0.2) is 0 Å². The van der Waals surface area contributed by atoms with Crippen molar-refractivity contribution >= 4 is 17.5 Å². The molecule has 56 heavy (non-hydrogen) atoms. The first kappa shape index (κ1) is 39.2. The molecule has 0 unspecified atom stereocenters. The van der Waals surface area contributed by atoms with E-state index in [1.807, 2.05) is 12.1 Å². The molecule has 3 aliphatic rings. The summed E-state index contributed by atoms with van der Waals surface area (Å²) in [4.78, 5) is 14.3. The van der Waals surface area contributed by atoms with E-state index in [-0.39, 0.29) is 24.7 Å². The topological polar surface area (TPSA) is 120 Å². The minimum atomic E-state index is -0.203. The number of nitrogens with zero attached hydrogens (tertiary/aromatic N) is 3. The number of amides is 1. The van der Waals surface area contributed by atoms with Gasteiger partial charge in [-0.3, -0.25) is 9.69 Å². The normalized spacial score (nSPS) is 20.5. The van der Waals surface area contributed by atoms with E-state index in [0.29, 0.717) is 71.4 Å². The Morgan fingerprint density at radius 1 is 0.875 bits per heavy atom. The molecule has 0 spiro atoms. The van der Waals surface area contributed by atoms with Gasteiger partial charge in [0.05, 0.1) is 34.9 Å². The lowest BCUT2D eigenvalue weighted by Gasteiger charge is -2.25. The molecule has 4 aromatic rings. The molecule has 2 heterocycles. The molecule has 4 aromatic carbocycles. The fourth-order valence-corrected chi connectivity index (χ4v) is 8.72. The minimum Gasteiger partial charge on any atom is -0.493 e. The molecule has 290 valence electrons. The first-order valence-electron chi connectivity index (χ1n) is 19.9. The van der Waals surface area contributed by atoms with E-state index in [4.69, 9.17) is 25.8 Å². The van der Waals surface area contributed by atoms with Crippen LogP contribution >= 0.6 is 11.6 Å². The van der Waals surface area contributed by atoms with Crippen molar-refractivity contribution in [2.75, 3.05) is 19.7 Å². The standard InChI is InChI=1S/C46H50ClN5O4/c1-29-11-12-30(2)52(29)17-6-18-54-42-10-5-7-37(31(42)3)38-8-4-9-40-39(38)14-15-43(40)56-45-23-44(55-28-34-20-32(24-48)19-33(21-34)25-49)35(22-41(45)47)26-50-36-13-16-46(53)51-27-36/h4-5,7-10,19-23,29-30,36,43,50H,6,11-18,26-28H2,1-3H3,(H,51,53)/t29-,30+,36-,43-/m0/s1. The van der Waals surface area contributed by atoms with Gasteiger partial charge in [-0.2, -0.15) is 10.5 Å². The molecular formula is C46H50ClN5O4. The maximum absolute atomic E-state index is 11.7. The van der Waals surface area contributed by atoms with Crippen molar-refractivity contribution in [3.8, 4) is 40.5 Å². The largest absolute Gasteiger partial charge is 0.493 e. The van der Waals surface area contributed by atoms with Gasteiger partial charge in [0, 0.05) is 55.8 Å². The quantitative estimate of drug-likeness (QED) is 0.122. The van der Waals surface area contributed by atoms with Crippen molar-refractivity contribution in [1.29, 1.82) is 10.5 Å². The number of ether oxygens (including phenoxy) is 3. The fourth-order valence-electron chi connectivity index (χ4n) is 8.49. The highest BCUT2D eigenvalue weighted by molar-refractivity contribution is 6.32. The number of hydrogen-bond acceptors (Lipinski definition) is 8. The molecule has 4 atom stereocenters. The smallest absolute Gasteiger partial charge is 0.220 e. The van der Waals surface area contributed by atoms with Crippen molar-refractivity contribution in [3.05, 3.63) is 111 Å². The lowest BCUT2D eigenvalue weighted by Crippen LogP contribution is -2.45. The maximum atomic E-state index is 11.7. The molecule has 2 saturated heterocycles. The van der Waals surface area contributed by atoms with E-state index in [0.717, 1.165) is 54.7 Å². The van der Waals surface area contributed by atoms with Crippen LogP contribution in [0.1, 0.15) is 97.4 Å². The number of nitriles is 2. The second-order valence-electron chi connectivity index (χ2n) is 15.4. The Kier molecular flexibility index (Phi) is 12.5. The predicted octanol–water partition coefficient (Wildman–Crippen LogP) is 8.71. The van der Waals surface area contributed by atoms with Gasteiger partial charge in [0.1, 0.15) is 30.0 Å². The molecule has 1 aliphatic carbocycles. The predicted molar refractivity (Wildman–Crippen MR) is 218 cm³/mol. The maximum Gasteiger partial charge on any atom is 0.220 e. The molecule has 0 radical (unpaired) electrons. The number of rotatable bonds is 14. The number of hydrogen-bond donors (Lipinski definition) is 2. The number of piperidine rings is 1. The zero-order valence-corrected chi connectivity index (χ0v) is 33.3. The van der Waals surface area contributed by atoms with E-state index >= 15 is 0 Å². The van der Waals surface area contributed by atoms with Crippen LogP contribution in [0.3, 0.4) is 0 Å². The lowest BCUT2D eigenvalue weighted by molar-refractivity contribution is -0.122. The summed E-state index contributed by atoms with van der Waals surface area (Å²) in [5.74, 6) is 2.10. The molecular weight excluding hydrogens is 722 g/mol. The van der Waals surface area contributed by atoms with Crippen LogP contribution < -0.4 is 24.8 Å². The molecule has 7 rings (SSSR count). The molecule has 2 fully saturated rings. The van der Waals surface area contributed by atoms with E-state index in [1.165, 1.54) is 29.5 Å². The Hall–Kier alpha value is -5.06. The summed E-state index contributed by atoms with van der Waals surface area (Å²) in [5, 5.41) is 26.0. The van der Waals surface area contributed by atoms with E-state index in [1.54, 1.807) is 18.2 Å². The highest BCUT2D eigenvalue weighted by atomic mass is 35.5. The van der Waals surface area contributed by atoms with Crippen molar-refractivity contribution in [2.45, 2.75) is 103 Å². The second-order valence-corrected chi connectivity index (χ2v) is 15.8. The summed E-state index contributed by atoms with van der Waals surface area (Å²) in [6.07, 6.45) is 6.24. The average Bonchev–Trinajstić information content (AvgIpc) is 3.77. The van der Waals surface area contributed by atoms with Crippen LogP contribution in [0.4, 0.5) is 0 Å². The van der Waals surface area contributed by atoms with Gasteiger partial charge in [-0.1, -0.05) is 41.9 Å². The Balaban J connectivity index is 1.08. The van der Waals surface area contributed by atoms with Crippen molar-refractivity contribution in [3.63, 3.8) is 0 Å². The van der Waals surface area contributed by atoms with Crippen LogP contribution in [-0.2, 0) is 24.4 Å². The zero-order valence-electron chi connectivity index (χ0n) is 32.5. The fraction of sp³-hybridized carbons (Fsp3) is 0.413. The highest BCUT2D eigenvalue weighted by Crippen LogP contribution is 2.44. The summed E-state index contributed by atoms with van der Waals surface area (Å²) in [7, 11) is 0. The number of halogens is 1. The average molecular weight is 772 g/mol. The molecule has 0 saturated carbocycles. The third kappa shape index (κ3) is 8.98. The minimum absolute atomic E-state index is 0.0642. The third-order valence-corrected chi connectivity index (χ3v) is 11.9. The summed E-state index contributed by atoms with van der Waals surface area (Å²) < 4.78 is 19.5. The number of carbonyl (C=O) groups excluding carboxylic acids is 1. The van der Waals surface area contributed by atoms with Gasteiger partial charge in [0.2, 0.25) is 5.91 Å². The van der Waals surface area contributed by atoms with Gasteiger partial charge >= 0.3 is 0 Å². The Morgan fingerprint density at radius 3 is 2.36 bits per heavy atom. The Labute approximate surface area is 335 Å². The summed E-state index contributed by atoms with van der Waals surface area (Å²) in [5.41, 5.74) is 8.26. The van der Waals surface area contributed by atoms with Gasteiger partial charge in [-0.05, 0) is 123 Å². The molecule has 0 bridgehead atoms. The summed E-state index contributed by atoms with van der Waals surface area (Å²) >= 11 is 6.96. The molecule has 0 aromatic heterocycles. The van der Waals surface area contributed by atoms with Gasteiger partial charge in [0.25, 0.3) is 0 Å². The van der Waals surface area contributed by atoms with Crippen molar-refractivity contribution < 1.29 is 19.0 Å². The molecule has 1 amide bonds. The van der Waals surface area contributed by atoms with Crippen LogP contribution in [0.25, 0.3) is 11.1 Å². The van der Waals surface area contributed by atoms with E-state index < -0.39 is 0 Å². The number of nitrogens with one attached hydrogen (secondary N) is 2. The first-order chi connectivity index (χ1) is 27.2. The SMILES string of the molecule is Cc1c(OCCCN2[C@H](C)CC[C@@H]2C)cccc1-c1cccc2c1CC[C@@H]2Oc1cc(OCc2cc(C#N)cc(C#N)c2)c(CN[C@H]2CCC(=O)NC2)cc1Cl. The Morgan fingerprint density at radius 2 is 1.62 bits per heavy atom. The molecule has 10 heteroatoms. The monoisotopic (exact) mass is 771 g/mol. The zero-order chi connectivity index (χ0) is 39.2. The van der Waals surface area contributed by atoms with Crippen LogP contribution in [0.15, 0.2) is 66.7 Å². The Bertz CT molecular complexity index is 2110. The van der Waals surface area contributed by atoms with Crippen LogP contribution in [0.5, 0.6) is 17.2 Å². The highest BCUT2D eigenvalue weighted by Gasteiger charge is 2.29. The second kappa shape index (κ2) is 17.8. The molecule has 9 nitrogen and oxygen atoms in total. The van der Waals surface area contributed by atoms with Crippen LogP contribution in [0.2, 0.25) is 5.02 Å². The lowest BCUT2D eigenvalue weighted by atomic mass is 9.93. The van der Waals surface area contributed by atoms with Crippen molar-refractivity contribution in [1.82, 2.24) is 15.5 Å². The van der Waals surface area contributed by atoms with Gasteiger partial charge in [-0.25, -0.2) is 0 Å². The molecule has 2 aliphatic heterocycles. The van der Waals surface area contributed by atoms with Crippen LogP contribution in [-0.4, -0.2) is 48.6 Å². The third-order valence-electron chi connectivity index (χ3n) is 11.6. The molecule has 2 N–H and O–H groups in total. The van der Waals surface area contributed by atoms with Crippen LogP contribution in [0, 0.1) is 29.6 Å². The van der Waals surface area contributed by atoms with Crippen molar-refractivity contribution in [2.24, 2.45) is 0 Å². The number of likely N-dealkylation sites (tertiary alicyclic amines) is 1. The van der Waals surface area contributed by atoms with E-state index in [9.17, 15) is 15.3 Å². The summed E-state index contributed by atoms with van der Waals surface area (Å²) in [6, 6.07) is 27.2. The van der Waals surface area contributed by atoms with Gasteiger partial charge < -0.3 is 24.8 Å². The first-order valence-corrected chi connectivity index (χ1v) is 20.2. The number of carbonyl (C=O) groups is 1. The van der Waals surface area contributed by atoms with Gasteiger partial charge in [-0.15, -0.1) is 0 Å². The van der Waals surface area contributed by atoms with E-state index in [2.05, 4.69) is 84.8 Å². The summed E-state index contributed by atoms with van der Waals surface area (Å²) in [6.45, 7) is 9.73. The number of fused-ring (bicyclic) bond motifs is 1.